The number of hydrogen-bond donors (Lipinski definition) is 1. The number of ether oxygens (including phenoxy) is 2. The van der Waals surface area contributed by atoms with Gasteiger partial charge < -0.3 is 24.2 Å². The van der Waals surface area contributed by atoms with Crippen molar-refractivity contribution in [2.24, 2.45) is 12.8 Å². The minimum absolute atomic E-state index is 0.0868. The summed E-state index contributed by atoms with van der Waals surface area (Å²) in [6.45, 7) is 3.14. The van der Waals surface area contributed by atoms with E-state index in [4.69, 9.17) is 29.7 Å². The molecular formula is C28H34N6O5. The standard InChI is InChI=1S/C28H34N6O5/c1-28(2,27(29)36)34-26(35)23-22(31-24(33(23)3)25-30-14-15-38-25)19(32-34)16-21(39-17-10-6-5-7-11-17)18-12-8-9-13-20(18)37-4/h8-9,12-15,17,21H,5-7,10-11,16H2,1-4H3,(H2,29,36)/t21-/m0/s1. The number of aryl methyl sites for hydroxylation is 1. The average molecular weight is 535 g/mol. The minimum atomic E-state index is -1.39. The van der Waals surface area contributed by atoms with E-state index in [2.05, 4.69) is 4.98 Å². The highest BCUT2D eigenvalue weighted by Gasteiger charge is 2.34. The van der Waals surface area contributed by atoms with Crippen LogP contribution in [-0.2, 0) is 28.5 Å². The second kappa shape index (κ2) is 10.6. The fraction of sp³-hybridized carbons (Fsp3) is 0.464. The van der Waals surface area contributed by atoms with Crippen molar-refractivity contribution in [3.63, 3.8) is 0 Å². The maximum atomic E-state index is 13.7. The lowest BCUT2D eigenvalue weighted by atomic mass is 9.96. The van der Waals surface area contributed by atoms with Gasteiger partial charge in [0.1, 0.15) is 28.6 Å². The minimum Gasteiger partial charge on any atom is -0.496 e. The van der Waals surface area contributed by atoms with Crippen molar-refractivity contribution in [1.29, 1.82) is 0 Å². The Bertz CT molecular complexity index is 1530. The van der Waals surface area contributed by atoms with Gasteiger partial charge in [0, 0.05) is 19.0 Å². The first kappa shape index (κ1) is 26.6. The molecule has 0 radical (unpaired) electrons. The summed E-state index contributed by atoms with van der Waals surface area (Å²) in [4.78, 5) is 35.1. The van der Waals surface area contributed by atoms with Crippen LogP contribution in [0.4, 0.5) is 0 Å². The molecule has 1 aromatic carbocycles. The highest BCUT2D eigenvalue weighted by Crippen LogP contribution is 2.35. The molecule has 0 unspecified atom stereocenters. The SMILES string of the molecule is COc1ccccc1[C@H](Cc1nn(C(C)(C)C(N)=O)c(=O)c2c1nc(-c1ncco1)n2C)OC1CCCCC1. The number of methoxy groups -OCH3 is 1. The van der Waals surface area contributed by atoms with Gasteiger partial charge in [0.2, 0.25) is 5.91 Å². The molecular weight excluding hydrogens is 500 g/mol. The van der Waals surface area contributed by atoms with E-state index in [-0.39, 0.29) is 23.9 Å². The third kappa shape index (κ3) is 4.94. The lowest BCUT2D eigenvalue weighted by molar-refractivity contribution is -0.125. The zero-order valence-electron chi connectivity index (χ0n) is 22.7. The molecule has 1 fully saturated rings. The van der Waals surface area contributed by atoms with E-state index in [1.165, 1.54) is 18.9 Å². The van der Waals surface area contributed by atoms with Crippen molar-refractivity contribution in [3.05, 3.63) is 58.3 Å². The second-order valence-corrected chi connectivity index (χ2v) is 10.4. The van der Waals surface area contributed by atoms with Gasteiger partial charge in [-0.2, -0.15) is 5.10 Å². The summed E-state index contributed by atoms with van der Waals surface area (Å²) in [7, 11) is 3.34. The number of amides is 1. The number of para-hydroxylation sites is 1. The summed E-state index contributed by atoms with van der Waals surface area (Å²) in [6, 6.07) is 7.72. The van der Waals surface area contributed by atoms with E-state index in [1.807, 2.05) is 24.3 Å². The van der Waals surface area contributed by atoms with Crippen molar-refractivity contribution in [2.45, 2.75) is 70.1 Å². The molecule has 0 spiro atoms. The molecule has 39 heavy (non-hydrogen) atoms. The van der Waals surface area contributed by atoms with Crippen molar-refractivity contribution in [1.82, 2.24) is 24.3 Å². The van der Waals surface area contributed by atoms with Gasteiger partial charge in [0.15, 0.2) is 5.82 Å². The molecule has 1 atom stereocenters. The molecule has 1 saturated carbocycles. The molecule has 206 valence electrons. The smallest absolute Gasteiger partial charge is 0.293 e. The normalized spacial score (nSPS) is 15.5. The number of primary amides is 1. The molecule has 3 aromatic heterocycles. The number of carbonyl (C=O) groups excluding carboxylic acids is 1. The topological polar surface area (TPSA) is 140 Å². The highest BCUT2D eigenvalue weighted by molar-refractivity contribution is 5.84. The van der Waals surface area contributed by atoms with Crippen molar-refractivity contribution in [3.8, 4) is 17.5 Å². The Hall–Kier alpha value is -3.99. The monoisotopic (exact) mass is 534 g/mol. The second-order valence-electron chi connectivity index (χ2n) is 10.4. The van der Waals surface area contributed by atoms with Crippen LogP contribution in [0, 0.1) is 0 Å². The molecule has 0 bridgehead atoms. The number of nitrogens with two attached hydrogens (primary N) is 1. The van der Waals surface area contributed by atoms with Crippen LogP contribution >= 0.6 is 0 Å². The van der Waals surface area contributed by atoms with Gasteiger partial charge >= 0.3 is 0 Å². The van der Waals surface area contributed by atoms with Crippen LogP contribution < -0.4 is 16.0 Å². The Morgan fingerprint density at radius 1 is 1.23 bits per heavy atom. The number of rotatable bonds is 9. The van der Waals surface area contributed by atoms with Crippen molar-refractivity contribution >= 4 is 16.9 Å². The van der Waals surface area contributed by atoms with Gasteiger partial charge in [-0.3, -0.25) is 9.59 Å². The first-order chi connectivity index (χ1) is 18.7. The maximum absolute atomic E-state index is 13.7. The van der Waals surface area contributed by atoms with E-state index in [1.54, 1.807) is 32.6 Å². The lowest BCUT2D eigenvalue weighted by Crippen LogP contribution is -2.48. The fourth-order valence-corrected chi connectivity index (χ4v) is 5.18. The van der Waals surface area contributed by atoms with Gasteiger partial charge in [0.25, 0.3) is 11.4 Å². The van der Waals surface area contributed by atoms with E-state index in [0.717, 1.165) is 35.9 Å². The number of oxazole rings is 1. The number of benzene rings is 1. The zero-order chi connectivity index (χ0) is 27.7. The number of fused-ring (bicyclic) bond motifs is 1. The van der Waals surface area contributed by atoms with Crippen LogP contribution in [0.3, 0.4) is 0 Å². The van der Waals surface area contributed by atoms with Crippen LogP contribution in [-0.4, -0.2) is 43.4 Å². The van der Waals surface area contributed by atoms with Crippen LogP contribution in [0.15, 0.2) is 45.9 Å². The molecule has 1 aliphatic rings. The van der Waals surface area contributed by atoms with Gasteiger partial charge in [-0.25, -0.2) is 14.6 Å². The largest absolute Gasteiger partial charge is 0.496 e. The Morgan fingerprint density at radius 2 is 1.97 bits per heavy atom. The number of carbonyl (C=O) groups is 1. The van der Waals surface area contributed by atoms with Crippen LogP contribution in [0.25, 0.3) is 22.7 Å². The van der Waals surface area contributed by atoms with Gasteiger partial charge in [-0.1, -0.05) is 37.5 Å². The molecule has 5 rings (SSSR count). The Kier molecular flexibility index (Phi) is 7.26. The molecule has 1 amide bonds. The van der Waals surface area contributed by atoms with E-state index >= 15 is 0 Å². The molecule has 0 aliphatic heterocycles. The average Bonchev–Trinajstić information content (AvgIpc) is 3.58. The quantitative estimate of drug-likeness (QED) is 0.343. The molecule has 2 N–H and O–H groups in total. The third-order valence-electron chi connectivity index (χ3n) is 7.51. The molecule has 0 saturated heterocycles. The van der Waals surface area contributed by atoms with Gasteiger partial charge in [-0.15, -0.1) is 0 Å². The van der Waals surface area contributed by atoms with Gasteiger partial charge in [0.05, 0.1) is 31.2 Å². The first-order valence-electron chi connectivity index (χ1n) is 13.2. The first-order valence-corrected chi connectivity index (χ1v) is 13.2. The van der Waals surface area contributed by atoms with Crippen LogP contribution in [0.2, 0.25) is 0 Å². The number of aromatic nitrogens is 5. The predicted octanol–water partition coefficient (Wildman–Crippen LogP) is 3.65. The molecule has 11 heteroatoms. The van der Waals surface area contributed by atoms with Gasteiger partial charge in [-0.05, 0) is 32.8 Å². The molecule has 11 nitrogen and oxygen atoms in total. The van der Waals surface area contributed by atoms with E-state index < -0.39 is 23.1 Å². The fourth-order valence-electron chi connectivity index (χ4n) is 5.18. The molecule has 1 aliphatic carbocycles. The van der Waals surface area contributed by atoms with Crippen LogP contribution in [0.1, 0.15) is 63.3 Å². The number of nitrogens with zero attached hydrogens (tertiary/aromatic N) is 5. The Labute approximate surface area is 225 Å². The summed E-state index contributed by atoms with van der Waals surface area (Å²) in [5, 5.41) is 4.70. The lowest BCUT2D eigenvalue weighted by Gasteiger charge is -2.29. The summed E-state index contributed by atoms with van der Waals surface area (Å²) in [6.07, 6.45) is 8.26. The zero-order valence-corrected chi connectivity index (χ0v) is 22.7. The summed E-state index contributed by atoms with van der Waals surface area (Å²) >= 11 is 0. The number of hydrogen-bond acceptors (Lipinski definition) is 8. The summed E-state index contributed by atoms with van der Waals surface area (Å²) in [5.74, 6) is 0.644. The number of imidazole rings is 1. The Morgan fingerprint density at radius 3 is 2.64 bits per heavy atom. The van der Waals surface area contributed by atoms with Crippen molar-refractivity contribution in [2.75, 3.05) is 7.11 Å². The van der Waals surface area contributed by atoms with E-state index in [0.29, 0.717) is 22.8 Å². The third-order valence-corrected chi connectivity index (χ3v) is 7.51. The van der Waals surface area contributed by atoms with Crippen LogP contribution in [0.5, 0.6) is 5.75 Å². The maximum Gasteiger partial charge on any atom is 0.293 e. The highest BCUT2D eigenvalue weighted by atomic mass is 16.5. The molecule has 4 aromatic rings. The molecule has 3 heterocycles. The summed E-state index contributed by atoms with van der Waals surface area (Å²) < 4.78 is 20.7. The van der Waals surface area contributed by atoms with E-state index in [9.17, 15) is 9.59 Å². The predicted molar refractivity (Wildman–Crippen MR) is 144 cm³/mol. The van der Waals surface area contributed by atoms with Crippen molar-refractivity contribution < 1.29 is 18.7 Å². The summed E-state index contributed by atoms with van der Waals surface area (Å²) in [5.41, 5.74) is 5.84. The Balaban J connectivity index is 1.70.